The summed E-state index contributed by atoms with van der Waals surface area (Å²) in [6.45, 7) is 3.83. The first kappa shape index (κ1) is 28.4. The largest absolute Gasteiger partial charge is 0.389 e. The second kappa shape index (κ2) is 10.2. The van der Waals surface area contributed by atoms with Crippen molar-refractivity contribution in [2.75, 3.05) is 13.1 Å². The van der Waals surface area contributed by atoms with Crippen LogP contribution in [0.5, 0.6) is 0 Å². The number of carbonyl (C=O) groups is 1. The number of hydrogen-bond donors (Lipinski definition) is 0. The number of sulfonamides is 1. The van der Waals surface area contributed by atoms with E-state index in [1.165, 1.54) is 4.31 Å². The van der Waals surface area contributed by atoms with Crippen LogP contribution in [0.15, 0.2) is 36.4 Å². The van der Waals surface area contributed by atoms with Crippen molar-refractivity contribution in [3.05, 3.63) is 64.7 Å². The van der Waals surface area contributed by atoms with Gasteiger partial charge in [0, 0.05) is 38.2 Å². The van der Waals surface area contributed by atoms with Crippen molar-refractivity contribution in [3.8, 4) is 0 Å². The number of fused-ring (bicyclic) bond motifs is 3. The van der Waals surface area contributed by atoms with Crippen molar-refractivity contribution in [2.24, 2.45) is 5.41 Å². The zero-order valence-electron chi connectivity index (χ0n) is 23.5. The van der Waals surface area contributed by atoms with E-state index < -0.39 is 39.2 Å². The summed E-state index contributed by atoms with van der Waals surface area (Å²) in [5.41, 5.74) is 3.09. The molecule has 6 nitrogen and oxygen atoms in total. The molecule has 1 fully saturated rings. The molecule has 6 rings (SSSR count). The number of carbonyl (C=O) groups excluding carboxylic acids is 1. The van der Waals surface area contributed by atoms with E-state index in [4.69, 9.17) is 4.98 Å². The number of ketones is 1. The SMILES string of the molecule is CC(C)S(=O)(=O)N1CC2(Cc3cc4ccccc4cc3C(Cc3nc4c(n3CCCC(F)(F)F)CCCC4)C2=O)C1. The Morgan fingerprint density at radius 1 is 1.07 bits per heavy atom. The quantitative estimate of drug-likeness (QED) is 0.353. The molecule has 3 aromatic rings. The molecule has 1 aromatic heterocycles. The van der Waals surface area contributed by atoms with Gasteiger partial charge < -0.3 is 4.57 Å². The van der Waals surface area contributed by atoms with Crippen LogP contribution in [-0.2, 0) is 47.0 Å². The number of alkyl halides is 3. The number of Topliss-reactive ketones (excluding diaryl/α,β-unsaturated/α-hetero) is 1. The number of rotatable bonds is 7. The first-order valence-corrected chi connectivity index (χ1v) is 16.1. The maximum absolute atomic E-state index is 14.4. The van der Waals surface area contributed by atoms with E-state index >= 15 is 0 Å². The van der Waals surface area contributed by atoms with Crippen LogP contribution in [0, 0.1) is 5.41 Å². The lowest BCUT2D eigenvalue weighted by Gasteiger charge is -2.52. The van der Waals surface area contributed by atoms with E-state index in [-0.39, 0.29) is 31.8 Å². The lowest BCUT2D eigenvalue weighted by Crippen LogP contribution is -2.66. The van der Waals surface area contributed by atoms with Crippen molar-refractivity contribution in [3.63, 3.8) is 0 Å². The van der Waals surface area contributed by atoms with Crippen LogP contribution in [0.1, 0.15) is 73.8 Å². The molecule has 0 N–H and O–H groups in total. The van der Waals surface area contributed by atoms with Gasteiger partial charge in [0.05, 0.1) is 22.3 Å². The second-order valence-electron chi connectivity index (χ2n) is 12.3. The standard InChI is InChI=1S/C31H36F3N3O3S/c1-20(2)41(39,40)36-18-30(19-36)17-23-14-21-8-3-4-9-22(21)15-24(23)25(29(30)38)16-28-35-26-10-5-6-11-27(26)37(28)13-7-12-31(32,33)34/h3-4,8-9,14-15,20,25H,5-7,10-13,16-19H2,1-2H3. The molecule has 0 amide bonds. The number of imidazole rings is 1. The predicted octanol–water partition coefficient (Wildman–Crippen LogP) is 5.75. The third-order valence-electron chi connectivity index (χ3n) is 9.20. The fourth-order valence-electron chi connectivity index (χ4n) is 7.02. The number of halogens is 3. The Hall–Kier alpha value is -2.72. The minimum atomic E-state index is -4.22. The van der Waals surface area contributed by atoms with Crippen LogP contribution in [0.25, 0.3) is 10.8 Å². The van der Waals surface area contributed by atoms with Crippen molar-refractivity contribution in [1.82, 2.24) is 13.9 Å². The molecule has 0 saturated carbocycles. The zero-order valence-corrected chi connectivity index (χ0v) is 24.3. The van der Waals surface area contributed by atoms with Gasteiger partial charge in [-0.1, -0.05) is 36.4 Å². The number of aryl methyl sites for hydroxylation is 1. The third kappa shape index (κ3) is 5.11. The maximum Gasteiger partial charge on any atom is 0.389 e. The molecule has 1 atom stereocenters. The molecule has 10 heteroatoms. The highest BCUT2D eigenvalue weighted by Gasteiger charge is 2.57. The van der Waals surface area contributed by atoms with Crippen molar-refractivity contribution in [2.45, 2.75) is 89.1 Å². The minimum absolute atomic E-state index is 0.0123. The van der Waals surface area contributed by atoms with Gasteiger partial charge in [-0.25, -0.2) is 13.4 Å². The topological polar surface area (TPSA) is 72.3 Å². The van der Waals surface area contributed by atoms with Gasteiger partial charge in [0.2, 0.25) is 10.0 Å². The monoisotopic (exact) mass is 587 g/mol. The van der Waals surface area contributed by atoms with Gasteiger partial charge in [0.25, 0.3) is 0 Å². The van der Waals surface area contributed by atoms with Crippen LogP contribution >= 0.6 is 0 Å². The van der Waals surface area contributed by atoms with Gasteiger partial charge in [-0.2, -0.15) is 17.5 Å². The van der Waals surface area contributed by atoms with Crippen LogP contribution in [0.3, 0.4) is 0 Å². The molecule has 0 radical (unpaired) electrons. The molecule has 2 heterocycles. The molecule has 0 bridgehead atoms. The summed E-state index contributed by atoms with van der Waals surface area (Å²) in [5.74, 6) is 0.135. The molecular weight excluding hydrogens is 551 g/mol. The molecule has 2 aromatic carbocycles. The molecule has 3 aliphatic rings. The highest BCUT2D eigenvalue weighted by Crippen LogP contribution is 2.48. The van der Waals surface area contributed by atoms with E-state index in [9.17, 15) is 26.4 Å². The summed E-state index contributed by atoms with van der Waals surface area (Å²) in [5, 5.41) is 1.51. The highest BCUT2D eigenvalue weighted by molar-refractivity contribution is 7.89. The van der Waals surface area contributed by atoms with Crippen molar-refractivity contribution < 1.29 is 26.4 Å². The molecule has 1 spiro atoms. The Bertz CT molecular complexity index is 1600. The lowest BCUT2D eigenvalue weighted by atomic mass is 9.62. The van der Waals surface area contributed by atoms with E-state index in [0.717, 1.165) is 59.0 Å². The van der Waals surface area contributed by atoms with Gasteiger partial charge in [-0.3, -0.25) is 4.79 Å². The molecule has 1 saturated heterocycles. The fraction of sp³-hybridized carbons (Fsp3) is 0.548. The second-order valence-corrected chi connectivity index (χ2v) is 14.8. The molecule has 41 heavy (non-hydrogen) atoms. The Balaban J connectivity index is 1.39. The zero-order chi connectivity index (χ0) is 29.2. The van der Waals surface area contributed by atoms with Crippen LogP contribution in [0.2, 0.25) is 0 Å². The molecule has 2 aliphatic carbocycles. The molecular formula is C31H36F3N3O3S. The van der Waals surface area contributed by atoms with E-state index in [1.54, 1.807) is 13.8 Å². The van der Waals surface area contributed by atoms with Crippen LogP contribution in [0.4, 0.5) is 13.2 Å². The predicted molar refractivity (Wildman–Crippen MR) is 151 cm³/mol. The van der Waals surface area contributed by atoms with Crippen molar-refractivity contribution >= 4 is 26.6 Å². The summed E-state index contributed by atoms with van der Waals surface area (Å²) >= 11 is 0. The Morgan fingerprint density at radius 2 is 1.76 bits per heavy atom. The molecule has 1 unspecified atom stereocenters. The van der Waals surface area contributed by atoms with E-state index in [0.29, 0.717) is 18.7 Å². The number of benzene rings is 2. The van der Waals surface area contributed by atoms with Crippen LogP contribution < -0.4 is 0 Å². The number of hydrogen-bond acceptors (Lipinski definition) is 4. The average Bonchev–Trinajstić information content (AvgIpc) is 3.24. The summed E-state index contributed by atoms with van der Waals surface area (Å²) in [4.78, 5) is 19.3. The third-order valence-corrected chi connectivity index (χ3v) is 11.4. The fourth-order valence-corrected chi connectivity index (χ4v) is 8.47. The van der Waals surface area contributed by atoms with E-state index in [2.05, 4.69) is 12.1 Å². The number of nitrogens with zero attached hydrogens (tertiary/aromatic N) is 3. The van der Waals surface area contributed by atoms with Gasteiger partial charge in [-0.15, -0.1) is 0 Å². The summed E-state index contributed by atoms with van der Waals surface area (Å²) < 4.78 is 68.2. The van der Waals surface area contributed by atoms with Crippen LogP contribution in [-0.4, -0.2) is 52.6 Å². The summed E-state index contributed by atoms with van der Waals surface area (Å²) in [6.07, 6.45) is -0.820. The average molecular weight is 588 g/mol. The van der Waals surface area contributed by atoms with E-state index in [1.807, 2.05) is 28.8 Å². The number of aromatic nitrogens is 2. The Kier molecular flexibility index (Phi) is 7.08. The first-order valence-electron chi connectivity index (χ1n) is 14.6. The molecule has 1 aliphatic heterocycles. The summed E-state index contributed by atoms with van der Waals surface area (Å²) in [6, 6.07) is 12.2. The maximum atomic E-state index is 14.4. The van der Waals surface area contributed by atoms with Gasteiger partial charge in [0.15, 0.2) is 0 Å². The van der Waals surface area contributed by atoms with Gasteiger partial charge in [0.1, 0.15) is 11.6 Å². The van der Waals surface area contributed by atoms with Gasteiger partial charge in [-0.05, 0) is 74.3 Å². The smallest absolute Gasteiger partial charge is 0.332 e. The highest BCUT2D eigenvalue weighted by atomic mass is 32.2. The first-order chi connectivity index (χ1) is 19.4. The molecule has 220 valence electrons. The Morgan fingerprint density at radius 3 is 2.44 bits per heavy atom. The minimum Gasteiger partial charge on any atom is -0.332 e. The Labute approximate surface area is 239 Å². The van der Waals surface area contributed by atoms with Crippen molar-refractivity contribution in [1.29, 1.82) is 0 Å². The van der Waals surface area contributed by atoms with Gasteiger partial charge >= 0.3 is 6.18 Å². The lowest BCUT2D eigenvalue weighted by molar-refractivity contribution is -0.138. The summed E-state index contributed by atoms with van der Waals surface area (Å²) in [7, 11) is -3.49. The normalized spacial score (nSPS) is 20.8.